The number of hydrogen-bond donors (Lipinski definition) is 1. The smallest absolute Gasteiger partial charge is 0.353 e. The predicted molar refractivity (Wildman–Crippen MR) is 108 cm³/mol. The van der Waals surface area contributed by atoms with Gasteiger partial charge in [-0.3, -0.25) is 10.1 Å². The molecule has 0 aliphatic carbocycles. The van der Waals surface area contributed by atoms with Gasteiger partial charge in [-0.05, 0) is 36.8 Å². The fraction of sp³-hybridized carbons (Fsp3) is 0.200. The van der Waals surface area contributed by atoms with E-state index < -0.39 is 4.92 Å². The Morgan fingerprint density at radius 3 is 2.43 bits per heavy atom. The van der Waals surface area contributed by atoms with Crippen molar-refractivity contribution in [2.45, 2.75) is 13.5 Å². The summed E-state index contributed by atoms with van der Waals surface area (Å²) < 4.78 is 5.14. The third-order valence-corrected chi connectivity index (χ3v) is 4.24. The van der Waals surface area contributed by atoms with E-state index in [9.17, 15) is 10.1 Å². The zero-order valence-electron chi connectivity index (χ0n) is 15.7. The lowest BCUT2D eigenvalue weighted by atomic mass is 10.2. The van der Waals surface area contributed by atoms with Gasteiger partial charge in [0.15, 0.2) is 0 Å². The van der Waals surface area contributed by atoms with Crippen LogP contribution in [0.5, 0.6) is 5.75 Å². The fourth-order valence-electron chi connectivity index (χ4n) is 2.86. The summed E-state index contributed by atoms with van der Waals surface area (Å²) >= 11 is 0. The average Bonchev–Trinajstić information content (AvgIpc) is 2.74. The molecule has 0 aliphatic heterocycles. The van der Waals surface area contributed by atoms with Crippen LogP contribution in [-0.2, 0) is 6.54 Å². The van der Waals surface area contributed by atoms with Gasteiger partial charge in [0.2, 0.25) is 11.6 Å². The van der Waals surface area contributed by atoms with Crippen molar-refractivity contribution < 1.29 is 9.66 Å². The lowest BCUT2D eigenvalue weighted by Gasteiger charge is -2.22. The molecule has 28 heavy (non-hydrogen) atoms. The van der Waals surface area contributed by atoms with Crippen molar-refractivity contribution in [2.24, 2.45) is 0 Å². The van der Waals surface area contributed by atoms with E-state index in [4.69, 9.17) is 4.74 Å². The molecule has 0 aliphatic rings. The highest BCUT2D eigenvalue weighted by atomic mass is 16.6. The molecule has 1 aromatic heterocycles. The van der Waals surface area contributed by atoms with Crippen molar-refractivity contribution in [3.8, 4) is 5.75 Å². The van der Waals surface area contributed by atoms with Gasteiger partial charge in [-0.25, -0.2) is 9.97 Å². The van der Waals surface area contributed by atoms with Gasteiger partial charge in [-0.1, -0.05) is 30.3 Å². The van der Waals surface area contributed by atoms with Gasteiger partial charge < -0.3 is 15.0 Å². The van der Waals surface area contributed by atoms with Gasteiger partial charge in [0.1, 0.15) is 12.1 Å². The van der Waals surface area contributed by atoms with E-state index in [1.807, 2.05) is 61.5 Å². The van der Waals surface area contributed by atoms with Crippen molar-refractivity contribution >= 4 is 23.0 Å². The van der Waals surface area contributed by atoms with Gasteiger partial charge in [-0.15, -0.1) is 0 Å². The third kappa shape index (κ3) is 4.17. The fourth-order valence-corrected chi connectivity index (χ4v) is 2.86. The van der Waals surface area contributed by atoms with E-state index in [1.54, 1.807) is 12.0 Å². The monoisotopic (exact) mass is 379 g/mol. The van der Waals surface area contributed by atoms with Gasteiger partial charge >= 0.3 is 5.69 Å². The van der Waals surface area contributed by atoms with Crippen molar-refractivity contribution in [1.29, 1.82) is 0 Å². The number of nitrogens with zero attached hydrogens (tertiary/aromatic N) is 4. The second-order valence-electron chi connectivity index (χ2n) is 5.93. The first kappa shape index (κ1) is 19.1. The Kier molecular flexibility index (Phi) is 6.01. The molecule has 0 amide bonds. The molecular weight excluding hydrogens is 358 g/mol. The Labute approximate surface area is 163 Å². The van der Waals surface area contributed by atoms with E-state index in [0.29, 0.717) is 13.1 Å². The number of benzene rings is 2. The molecular formula is C20H21N5O3. The first-order chi connectivity index (χ1) is 13.6. The maximum Gasteiger partial charge on any atom is 0.353 e. The van der Waals surface area contributed by atoms with Crippen LogP contribution < -0.4 is 15.0 Å². The molecule has 3 rings (SSSR count). The molecule has 0 radical (unpaired) electrons. The number of hydrogen-bond acceptors (Lipinski definition) is 7. The Morgan fingerprint density at radius 2 is 1.82 bits per heavy atom. The lowest BCUT2D eigenvalue weighted by molar-refractivity contribution is -0.383. The first-order valence-corrected chi connectivity index (χ1v) is 8.82. The Hall–Kier alpha value is -3.68. The summed E-state index contributed by atoms with van der Waals surface area (Å²) in [6.07, 6.45) is 1.34. The Balaban J connectivity index is 1.91. The van der Waals surface area contributed by atoms with Crippen LogP contribution in [0.1, 0.15) is 12.5 Å². The summed E-state index contributed by atoms with van der Waals surface area (Å²) in [6.45, 7) is 2.84. The lowest BCUT2D eigenvalue weighted by Crippen LogP contribution is -2.20. The normalized spacial score (nSPS) is 10.4. The van der Waals surface area contributed by atoms with Crippen LogP contribution in [0.4, 0.5) is 23.0 Å². The van der Waals surface area contributed by atoms with Crippen LogP contribution in [0, 0.1) is 10.1 Å². The molecule has 1 N–H and O–H groups in total. The van der Waals surface area contributed by atoms with Crippen LogP contribution in [0.15, 0.2) is 60.9 Å². The number of ether oxygens (including phenoxy) is 1. The number of aromatic nitrogens is 2. The zero-order chi connectivity index (χ0) is 19.9. The highest BCUT2D eigenvalue weighted by molar-refractivity contribution is 5.75. The van der Waals surface area contributed by atoms with Crippen molar-refractivity contribution in [2.75, 3.05) is 23.9 Å². The predicted octanol–water partition coefficient (Wildman–Crippen LogP) is 4.16. The van der Waals surface area contributed by atoms with Crippen molar-refractivity contribution in [3.05, 3.63) is 76.6 Å². The molecule has 2 aromatic carbocycles. The largest absolute Gasteiger partial charge is 0.497 e. The Bertz CT molecular complexity index is 932. The van der Waals surface area contributed by atoms with Crippen molar-refractivity contribution in [3.63, 3.8) is 0 Å². The van der Waals surface area contributed by atoms with Gasteiger partial charge in [0.05, 0.1) is 12.0 Å². The second-order valence-corrected chi connectivity index (χ2v) is 5.93. The topological polar surface area (TPSA) is 93.4 Å². The van der Waals surface area contributed by atoms with Gasteiger partial charge in [0, 0.05) is 18.8 Å². The minimum absolute atomic E-state index is 0.151. The highest BCUT2D eigenvalue weighted by Crippen LogP contribution is 2.35. The molecule has 8 heteroatoms. The van der Waals surface area contributed by atoms with Crippen LogP contribution in [0.2, 0.25) is 0 Å². The number of nitro groups is 1. The minimum atomic E-state index is -0.447. The first-order valence-electron chi connectivity index (χ1n) is 8.82. The molecule has 0 atom stereocenters. The molecule has 0 fully saturated rings. The van der Waals surface area contributed by atoms with Crippen LogP contribution in [0.3, 0.4) is 0 Å². The van der Waals surface area contributed by atoms with E-state index in [-0.39, 0.29) is 17.3 Å². The summed E-state index contributed by atoms with van der Waals surface area (Å²) in [6, 6.07) is 16.9. The summed E-state index contributed by atoms with van der Waals surface area (Å²) in [7, 11) is 1.60. The summed E-state index contributed by atoms with van der Waals surface area (Å²) in [5, 5.41) is 14.9. The number of para-hydroxylation sites is 1. The van der Waals surface area contributed by atoms with E-state index in [1.165, 1.54) is 6.33 Å². The molecule has 0 unspecified atom stereocenters. The second kappa shape index (κ2) is 8.81. The number of nitrogens with one attached hydrogen (secondary N) is 1. The Morgan fingerprint density at radius 1 is 1.11 bits per heavy atom. The molecule has 0 saturated heterocycles. The minimum Gasteiger partial charge on any atom is -0.497 e. The van der Waals surface area contributed by atoms with E-state index >= 15 is 0 Å². The maximum atomic E-state index is 11.8. The molecule has 0 bridgehead atoms. The summed E-state index contributed by atoms with van der Waals surface area (Å²) in [5.74, 6) is 1.19. The molecule has 144 valence electrons. The van der Waals surface area contributed by atoms with Gasteiger partial charge in [-0.2, -0.15) is 0 Å². The van der Waals surface area contributed by atoms with E-state index in [0.717, 1.165) is 17.0 Å². The van der Waals surface area contributed by atoms with Crippen LogP contribution in [-0.4, -0.2) is 28.5 Å². The van der Waals surface area contributed by atoms with Crippen LogP contribution >= 0.6 is 0 Å². The standard InChI is InChI=1S/C20H21N5O3/c1-3-24(16-7-5-4-6-8-16)20-18(25(26)27)19(22-14-23-20)21-13-15-9-11-17(28-2)12-10-15/h4-12,14H,3,13H2,1-2H3,(H,21,22,23). The molecule has 0 spiro atoms. The van der Waals surface area contributed by atoms with Crippen LogP contribution in [0.25, 0.3) is 0 Å². The quantitative estimate of drug-likeness (QED) is 0.464. The van der Waals surface area contributed by atoms with Gasteiger partial charge in [0.25, 0.3) is 0 Å². The molecule has 8 nitrogen and oxygen atoms in total. The number of methoxy groups -OCH3 is 1. The number of anilines is 3. The summed E-state index contributed by atoms with van der Waals surface area (Å²) in [5.41, 5.74) is 1.63. The summed E-state index contributed by atoms with van der Waals surface area (Å²) in [4.78, 5) is 21.5. The van der Waals surface area contributed by atoms with Crippen molar-refractivity contribution in [1.82, 2.24) is 9.97 Å². The maximum absolute atomic E-state index is 11.8. The zero-order valence-corrected chi connectivity index (χ0v) is 15.7. The van der Waals surface area contributed by atoms with E-state index in [2.05, 4.69) is 15.3 Å². The highest BCUT2D eigenvalue weighted by Gasteiger charge is 2.27. The molecule has 1 heterocycles. The third-order valence-electron chi connectivity index (χ3n) is 4.24. The molecule has 0 saturated carbocycles. The average molecular weight is 379 g/mol. The SMILES string of the molecule is CCN(c1ccccc1)c1ncnc(NCc2ccc(OC)cc2)c1[N+](=O)[O-]. The molecule has 3 aromatic rings. The number of rotatable bonds is 8.